The van der Waals surface area contributed by atoms with Crippen molar-refractivity contribution in [1.82, 2.24) is 9.80 Å². The van der Waals surface area contributed by atoms with Gasteiger partial charge >= 0.3 is 11.9 Å². The fraction of sp³-hybridized carbons (Fsp3) is 0.675. The molecule has 808 valence electrons. The second kappa shape index (κ2) is 37.5. The Morgan fingerprint density at radius 2 is 0.617 bits per heavy atom. The third-order valence-electron chi connectivity index (χ3n) is 41.7. The number of piperidine rings is 5. The normalized spacial score (nSPS) is 38.8. The van der Waals surface area contributed by atoms with Crippen molar-refractivity contribution in [3.8, 4) is 57.5 Å². The van der Waals surface area contributed by atoms with Crippen molar-refractivity contribution in [2.75, 3.05) is 91.5 Å². The summed E-state index contributed by atoms with van der Waals surface area (Å²) in [5.41, 5.74) is 2.16. The van der Waals surface area contributed by atoms with Crippen LogP contribution in [0.15, 0.2) is 60.7 Å². The van der Waals surface area contributed by atoms with Crippen LogP contribution in [0.1, 0.15) is 265 Å². The number of benzene rings is 5. The molecule has 5 spiro atoms. The van der Waals surface area contributed by atoms with Crippen LogP contribution in [0.5, 0.6) is 57.5 Å². The Labute approximate surface area is 919 Å². The fourth-order valence-electron chi connectivity index (χ4n) is 33.9. The van der Waals surface area contributed by atoms with Crippen molar-refractivity contribution < 1.29 is 167 Å². The summed E-state index contributed by atoms with van der Waals surface area (Å²) in [4.78, 5) is 106. The SMILES string of the molecule is C.CC(C)C(=O)Cl.CC(C)C(=O)Oc1ccc2c3c1OC1C(=O)CCC4(O)C(C2)N(CC2CC2)CC[C@]314.CC(C)C(=O)Oc1ccc2c3c1OC1C(=O)CCC4(O)C(C2)[N@@+](C)(CC2CC2)CC[C@]314.CI.C[N@+]1(CC2CC2)CC[C@]23c4c5ccc(O)c4OC2C(=O)CCC3(O)C1C5.C[N@+]1(CC2CC2)CC[C@]23c4c5ccc(O)c4OC2C(=O)CCC3(O)C1C5.O=C1CCC2(O)C3Cc4ccc(O)c5c4[C@@]2(CCN3CC2CC2)C1O5.[Br-].[I-]. The van der Waals surface area contributed by atoms with Gasteiger partial charge in [0.1, 0.15) is 34.9 Å². The molecular weight excluding hydrogens is 2210 g/mol. The maximum absolute atomic E-state index is 13.1. The van der Waals surface area contributed by atoms with E-state index in [9.17, 15) is 79.2 Å². The number of carbonyl (C=O) groups is 8. The number of alkyl halides is 1. The summed E-state index contributed by atoms with van der Waals surface area (Å²) in [7, 11) is 6.92. The van der Waals surface area contributed by atoms with Gasteiger partial charge in [0.15, 0.2) is 117 Å². The van der Waals surface area contributed by atoms with Gasteiger partial charge in [-0.2, -0.15) is 0 Å². The van der Waals surface area contributed by atoms with Gasteiger partial charge in [-0.05, 0) is 222 Å². The molecule has 15 unspecified atom stereocenters. The number of phenolic OH excluding ortho intramolecular Hbond substituents is 3. The van der Waals surface area contributed by atoms with Crippen LogP contribution >= 0.6 is 34.2 Å². The molecule has 5 aromatic rings. The predicted octanol–water partition coefficient (Wildman–Crippen LogP) is 6.88. The van der Waals surface area contributed by atoms with Gasteiger partial charge in [0.05, 0.1) is 111 Å². The van der Waals surface area contributed by atoms with E-state index in [1.54, 1.807) is 65.8 Å². The van der Waals surface area contributed by atoms with Crippen LogP contribution in [-0.2, 0) is 97.5 Å². The third kappa shape index (κ3) is 15.5. The lowest BCUT2D eigenvalue weighted by molar-refractivity contribution is -0.950. The Bertz CT molecular complexity index is 6210. The molecule has 28 nitrogen and oxygen atoms in total. The van der Waals surface area contributed by atoms with Gasteiger partial charge in [-0.3, -0.25) is 48.2 Å². The van der Waals surface area contributed by atoms with Crippen LogP contribution in [0, 0.1) is 47.3 Å². The van der Waals surface area contributed by atoms with Crippen molar-refractivity contribution in [1.29, 1.82) is 0 Å². The number of quaternary nitrogens is 3. The topological polar surface area (TPSA) is 369 Å². The van der Waals surface area contributed by atoms with Gasteiger partial charge < -0.3 is 128 Å². The number of phenols is 3. The number of ether oxygens (including phenoxy) is 7. The molecule has 0 amide bonds. The summed E-state index contributed by atoms with van der Waals surface area (Å²) in [6.07, 6.45) is 21.5. The number of Topliss-reactive ketones (excluding diaryl/α,β-unsaturated/α-hetero) is 5. The van der Waals surface area contributed by atoms with Crippen LogP contribution in [-0.4, -0.2) is 290 Å². The van der Waals surface area contributed by atoms with Crippen LogP contribution in [0.4, 0.5) is 0 Å². The smallest absolute Gasteiger partial charge is 0.313 e. The second-order valence-electron chi connectivity index (χ2n) is 50.8. The van der Waals surface area contributed by atoms with E-state index >= 15 is 0 Å². The monoisotopic (exact) mass is 2360 g/mol. The molecule has 0 radical (unpaired) electrons. The first-order chi connectivity index (χ1) is 69.5. The van der Waals surface area contributed by atoms with Crippen LogP contribution in [0.2, 0.25) is 0 Å². The number of esters is 2. The number of ketones is 5. The van der Waals surface area contributed by atoms with Crippen molar-refractivity contribution in [2.45, 2.75) is 357 Å². The molecule has 10 aliphatic heterocycles. The van der Waals surface area contributed by atoms with E-state index in [2.05, 4.69) is 53.5 Å². The first-order valence-electron chi connectivity index (χ1n) is 55.0. The fourth-order valence-corrected chi connectivity index (χ4v) is 33.9. The minimum absolute atomic E-state index is 0. The first kappa shape index (κ1) is 108. The zero-order valence-corrected chi connectivity index (χ0v) is 93.6. The molecule has 0 aromatic heterocycles. The molecule has 10 saturated carbocycles. The minimum Gasteiger partial charge on any atom is -1.00 e. The van der Waals surface area contributed by atoms with E-state index in [0.717, 1.165) is 222 Å². The average molecular weight is 2360 g/mol. The number of hydrogen-bond acceptors (Lipinski definition) is 25. The van der Waals surface area contributed by atoms with Gasteiger partial charge in [0.2, 0.25) is 5.24 Å². The number of carbonyl (C=O) groups excluding carboxylic acids is 8. The zero-order chi connectivity index (χ0) is 103. The minimum atomic E-state index is -0.988. The van der Waals surface area contributed by atoms with Gasteiger partial charge in [0, 0.05) is 147 Å². The van der Waals surface area contributed by atoms with Crippen molar-refractivity contribution >= 4 is 80.3 Å². The number of nitrogens with zero attached hydrogens (tertiary/aromatic N) is 5. The van der Waals surface area contributed by atoms with E-state index in [1.807, 2.05) is 41.3 Å². The van der Waals surface area contributed by atoms with E-state index in [0.29, 0.717) is 111 Å². The third-order valence-corrected chi connectivity index (χ3v) is 42.2. The highest BCUT2D eigenvalue weighted by molar-refractivity contribution is 14.1. The summed E-state index contributed by atoms with van der Waals surface area (Å²) in [5.74, 6) is 6.46. The lowest BCUT2D eigenvalue weighted by Crippen LogP contribution is -3.00. The Hall–Kier alpha value is -6.71. The Morgan fingerprint density at radius 3 is 0.879 bits per heavy atom. The summed E-state index contributed by atoms with van der Waals surface area (Å²) < 4.78 is 44.8. The summed E-state index contributed by atoms with van der Waals surface area (Å²) in [6, 6.07) is 19.0. The van der Waals surface area contributed by atoms with E-state index in [1.165, 1.54) is 64.2 Å². The number of aliphatic hydroxyl groups is 5. The Balaban J connectivity index is 0.000000107. The quantitative estimate of drug-likeness (QED) is 0.0132. The molecule has 8 N–H and O–H groups in total. The molecule has 5 aromatic carbocycles. The van der Waals surface area contributed by atoms with Crippen molar-refractivity contribution in [3.05, 3.63) is 116 Å². The highest BCUT2D eigenvalue weighted by atomic mass is 127. The number of likely N-dealkylation sites (tertiary alicyclic amines) is 5. The molecule has 149 heavy (non-hydrogen) atoms. The molecule has 15 fully saturated rings. The van der Waals surface area contributed by atoms with Crippen LogP contribution < -0.4 is 74.1 Å². The lowest BCUT2D eigenvalue weighted by atomic mass is 9.48. The molecule has 10 heterocycles. The molecule has 25 aliphatic rings. The number of hydrogen-bond donors (Lipinski definition) is 8. The van der Waals surface area contributed by atoms with Crippen molar-refractivity contribution in [3.63, 3.8) is 0 Å². The van der Waals surface area contributed by atoms with Gasteiger partial charge in [-0.15, -0.1) is 0 Å². The first-order valence-corrected chi connectivity index (χ1v) is 57.5. The van der Waals surface area contributed by atoms with Gasteiger partial charge in [-0.25, -0.2) is 0 Å². The molecule has 32 heteroatoms. The van der Waals surface area contributed by atoms with Gasteiger partial charge in [0.25, 0.3) is 0 Å². The zero-order valence-electron chi connectivity index (χ0n) is 86.9. The van der Waals surface area contributed by atoms with Crippen LogP contribution in [0.25, 0.3) is 0 Å². The van der Waals surface area contributed by atoms with Crippen molar-refractivity contribution in [2.24, 2.45) is 47.3 Å². The second-order valence-corrected chi connectivity index (χ2v) is 51.2. The average Bonchev–Trinajstić information content (AvgIpc) is 1.48. The summed E-state index contributed by atoms with van der Waals surface area (Å²) >= 11 is 7.12. The molecule has 30 rings (SSSR count). The molecule has 15 aliphatic carbocycles. The summed E-state index contributed by atoms with van der Waals surface area (Å²) in [5, 5.41) is 91.7. The van der Waals surface area contributed by atoms with E-state index in [4.69, 9.17) is 44.8 Å². The maximum atomic E-state index is 13.1. The number of aromatic hydroxyl groups is 3. The Kier molecular flexibility index (Phi) is 27.1. The van der Waals surface area contributed by atoms with E-state index in [-0.39, 0.29) is 160 Å². The number of halogens is 4. The highest BCUT2D eigenvalue weighted by Crippen LogP contribution is 2.73. The highest BCUT2D eigenvalue weighted by Gasteiger charge is 2.82. The largest absolute Gasteiger partial charge is 1.00 e. The Morgan fingerprint density at radius 1 is 0.376 bits per heavy atom. The molecule has 10 bridgehead atoms. The van der Waals surface area contributed by atoms with E-state index < -0.39 is 85.6 Å². The predicted molar refractivity (Wildman–Crippen MR) is 552 cm³/mol. The number of rotatable bonds is 15. The summed E-state index contributed by atoms with van der Waals surface area (Å²) in [6.45, 7) is 20.8. The standard InChI is InChI=1S/C25H32NO5.C24H29NO5.2C21H25NO4.C20H23NO4.C4H7ClO.CH3I.CH4.BrH.HI/c1-14(2)23(28)30-18-7-6-16-12-19-25(29)9-8-17(27)22-24(25,20(16)21(18)31-22)10-11-26(19,3)13-15-4-5-15;1-13(2)22(27)29-17-6-5-15-11-18-24(28)8-7-16(26)21-23(24,19(15)20(17)30-21)9-10-25(18)12-14-3-4-14;2*1-22(11-12-2-3-12)9-8-20-17-13-4-5-14(23)18(17)26-19(20)15(24)6-7-21(20,25)16(22)10-13;22-13-4-3-12-9-15-20(24)6-5-14(23)18-19(20,16(12)17(13)25-18)7-8-21(15)10-11-1-2-11;1-3(2)4(5)6;1-2;;;/h6-7,14-15,19,22,29H,4-5,8-13H2,1-3H3;5-6,13-14,18,21,28H,3-4,7-12H2,1-2H3;2*4-5,12,16,19,25H,2-3,6-11H2,1H3;3-4,11,15,18,22,24H,1-2,5-10H2;3H,1-2H3;1H3;1H4;2*1H/q+1;;;;;;;;;/t19?,22?,24-,25?,26+;18?,21?,23-,24?;2*16?,19?,20-,21?,22+;15?,18?,19-,20?;;;;;/m00000...../s1. The van der Waals surface area contributed by atoms with Gasteiger partial charge in [-0.1, -0.05) is 102 Å². The van der Waals surface area contributed by atoms with Crippen LogP contribution in [0.3, 0.4) is 0 Å². The molecular formula is C117H150BrClI2N5O23+. The maximum Gasteiger partial charge on any atom is 0.313 e. The lowest BCUT2D eigenvalue weighted by Gasteiger charge is -2.64. The molecule has 5 saturated heterocycles. The number of likely N-dealkylation sites (N-methyl/N-ethyl adjacent to an activating group) is 3. The molecule has 23 atom stereocenters.